The van der Waals surface area contributed by atoms with Crippen molar-refractivity contribution in [3.8, 4) is 0 Å². The maximum Gasteiger partial charge on any atom is 0.213 e. The number of allylic oxidation sites excluding steroid dienone is 5. The minimum Gasteiger partial charge on any atom is -0.506 e. The van der Waals surface area contributed by atoms with E-state index in [0.717, 1.165) is 72.1 Å². The number of ketones is 1. The standard InChI is InChI=1S/C32H32N2O2/c1-3-5-17-33-19-15-23(25-11-7-9-13-29(25)33)21-27-31(35)28(32(27)36)22-24-16-20-34(18-6-4-2)30-14-10-8-12-26(24)30/h7-16,19-22H,3-6,17-18H2,1-2H3/p+1. The Bertz CT molecular complexity index is 1440. The number of aryl methyl sites for hydroxylation is 1. The summed E-state index contributed by atoms with van der Waals surface area (Å²) in [5.74, 6) is -0.0512. The van der Waals surface area contributed by atoms with Gasteiger partial charge in [0.05, 0.1) is 16.5 Å². The van der Waals surface area contributed by atoms with E-state index in [2.05, 4.69) is 60.0 Å². The molecule has 1 aromatic heterocycles. The van der Waals surface area contributed by atoms with Gasteiger partial charge in [0.15, 0.2) is 6.20 Å². The lowest BCUT2D eigenvalue weighted by molar-refractivity contribution is -0.671. The van der Waals surface area contributed by atoms with E-state index >= 15 is 0 Å². The SMILES string of the molecule is CCCCN1C=CC(=CC2=C(O)C(=Cc3cc[n+](CCCC)c4ccccc34)C2=O)c2ccccc21. The second-order valence-electron chi connectivity index (χ2n) is 9.46. The van der Waals surface area contributed by atoms with Crippen molar-refractivity contribution in [1.82, 2.24) is 0 Å². The fourth-order valence-electron chi connectivity index (χ4n) is 4.94. The Kier molecular flexibility index (Phi) is 6.86. The van der Waals surface area contributed by atoms with Crippen molar-refractivity contribution in [3.63, 3.8) is 0 Å². The fourth-order valence-corrected chi connectivity index (χ4v) is 4.94. The Labute approximate surface area is 213 Å². The first kappa shape index (κ1) is 23.8. The van der Waals surface area contributed by atoms with Crippen molar-refractivity contribution in [2.75, 3.05) is 11.4 Å². The van der Waals surface area contributed by atoms with Crippen LogP contribution in [0.5, 0.6) is 0 Å². The zero-order valence-electron chi connectivity index (χ0n) is 21.1. The molecule has 0 radical (unpaired) electrons. The molecule has 1 aliphatic heterocycles. The number of aliphatic hydroxyl groups is 1. The molecule has 0 atom stereocenters. The maximum atomic E-state index is 13.1. The van der Waals surface area contributed by atoms with Crippen LogP contribution in [0.4, 0.5) is 5.69 Å². The van der Waals surface area contributed by atoms with E-state index in [4.69, 9.17) is 0 Å². The summed E-state index contributed by atoms with van der Waals surface area (Å²) in [6.45, 7) is 6.30. The summed E-state index contributed by atoms with van der Waals surface area (Å²) in [5, 5.41) is 12.0. The van der Waals surface area contributed by atoms with Gasteiger partial charge in [0.1, 0.15) is 12.3 Å². The lowest BCUT2D eigenvalue weighted by atomic mass is 9.84. The molecule has 4 nitrogen and oxygen atoms in total. The molecule has 1 aliphatic carbocycles. The zero-order valence-corrected chi connectivity index (χ0v) is 21.1. The number of aliphatic hydroxyl groups excluding tert-OH is 1. The highest BCUT2D eigenvalue weighted by molar-refractivity contribution is 6.24. The number of rotatable bonds is 8. The van der Waals surface area contributed by atoms with Crippen molar-refractivity contribution in [3.05, 3.63) is 107 Å². The molecule has 0 saturated heterocycles. The number of pyridine rings is 1. The van der Waals surface area contributed by atoms with Crippen LogP contribution < -0.4 is 9.47 Å². The van der Waals surface area contributed by atoms with Crippen molar-refractivity contribution in [2.24, 2.45) is 0 Å². The van der Waals surface area contributed by atoms with E-state index < -0.39 is 0 Å². The normalized spacial score (nSPS) is 17.3. The molecule has 0 fully saturated rings. The van der Waals surface area contributed by atoms with Gasteiger partial charge in [-0.05, 0) is 47.9 Å². The zero-order chi connectivity index (χ0) is 25.1. The van der Waals surface area contributed by atoms with Gasteiger partial charge in [-0.2, -0.15) is 4.57 Å². The number of anilines is 1. The van der Waals surface area contributed by atoms with Crippen molar-refractivity contribution in [1.29, 1.82) is 0 Å². The van der Waals surface area contributed by atoms with Crippen molar-refractivity contribution in [2.45, 2.75) is 46.1 Å². The van der Waals surface area contributed by atoms with Gasteiger partial charge in [-0.15, -0.1) is 0 Å². The average Bonchev–Trinajstić information content (AvgIpc) is 2.92. The second kappa shape index (κ2) is 10.4. The van der Waals surface area contributed by atoms with E-state index in [9.17, 15) is 9.90 Å². The second-order valence-corrected chi connectivity index (χ2v) is 9.46. The van der Waals surface area contributed by atoms with Crippen LogP contribution in [0.3, 0.4) is 0 Å². The number of fused-ring (bicyclic) bond motifs is 2. The van der Waals surface area contributed by atoms with Crippen LogP contribution in [0.2, 0.25) is 0 Å². The lowest BCUT2D eigenvalue weighted by Crippen LogP contribution is -2.34. The average molecular weight is 478 g/mol. The molecule has 2 heterocycles. The third kappa shape index (κ3) is 4.39. The van der Waals surface area contributed by atoms with Gasteiger partial charge >= 0.3 is 0 Å². The fraction of sp³-hybridized carbons (Fsp3) is 0.250. The first-order valence-electron chi connectivity index (χ1n) is 13.0. The minimum atomic E-state index is -0.119. The predicted molar refractivity (Wildman–Crippen MR) is 148 cm³/mol. The van der Waals surface area contributed by atoms with Gasteiger partial charge < -0.3 is 10.0 Å². The number of benzene rings is 2. The van der Waals surface area contributed by atoms with Crippen LogP contribution in [0, 0.1) is 0 Å². The van der Waals surface area contributed by atoms with Gasteiger partial charge in [0, 0.05) is 42.5 Å². The molecule has 2 aromatic carbocycles. The number of carbonyl (C=O) groups excluding carboxylic acids is 1. The van der Waals surface area contributed by atoms with Crippen molar-refractivity contribution >= 4 is 34.0 Å². The first-order chi connectivity index (χ1) is 17.6. The molecule has 0 unspecified atom stereocenters. The van der Waals surface area contributed by atoms with Crippen LogP contribution in [0.25, 0.3) is 22.6 Å². The Morgan fingerprint density at radius 2 is 1.72 bits per heavy atom. The molecule has 4 heteroatoms. The molecule has 5 rings (SSSR count). The summed E-state index contributed by atoms with van der Waals surface area (Å²) in [6.07, 6.45) is 14.3. The molecule has 1 N–H and O–H groups in total. The molecule has 3 aromatic rings. The number of hydrogen-bond donors (Lipinski definition) is 1. The van der Waals surface area contributed by atoms with E-state index in [1.807, 2.05) is 48.6 Å². The summed E-state index contributed by atoms with van der Waals surface area (Å²) in [7, 11) is 0. The Morgan fingerprint density at radius 1 is 0.944 bits per heavy atom. The quantitative estimate of drug-likeness (QED) is 0.283. The largest absolute Gasteiger partial charge is 0.506 e. The topological polar surface area (TPSA) is 44.4 Å². The molecule has 36 heavy (non-hydrogen) atoms. The van der Waals surface area contributed by atoms with Gasteiger partial charge in [-0.3, -0.25) is 4.79 Å². The van der Waals surface area contributed by atoms with Crippen LogP contribution in [-0.4, -0.2) is 17.4 Å². The number of carbonyl (C=O) groups is 1. The minimum absolute atomic E-state index is 0.0681. The number of Topliss-reactive ketones (excluding diaryl/α,β-unsaturated/α-hetero) is 1. The van der Waals surface area contributed by atoms with Crippen LogP contribution in [-0.2, 0) is 11.3 Å². The molecule has 0 spiro atoms. The van der Waals surface area contributed by atoms with Gasteiger partial charge in [-0.1, -0.05) is 57.0 Å². The van der Waals surface area contributed by atoms with E-state index in [0.29, 0.717) is 11.1 Å². The Balaban J connectivity index is 1.48. The predicted octanol–water partition coefficient (Wildman–Crippen LogP) is 6.92. The van der Waals surface area contributed by atoms with Crippen molar-refractivity contribution < 1.29 is 14.5 Å². The Morgan fingerprint density at radius 3 is 2.53 bits per heavy atom. The van der Waals surface area contributed by atoms with Crippen LogP contribution in [0.1, 0.15) is 50.7 Å². The summed E-state index contributed by atoms with van der Waals surface area (Å²) in [4.78, 5) is 15.4. The van der Waals surface area contributed by atoms with Gasteiger partial charge in [0.2, 0.25) is 11.3 Å². The highest BCUT2D eigenvalue weighted by atomic mass is 16.3. The molecule has 0 amide bonds. The summed E-state index contributed by atoms with van der Waals surface area (Å²) in [5.41, 5.74) is 5.96. The first-order valence-corrected chi connectivity index (χ1v) is 13.0. The van der Waals surface area contributed by atoms with Crippen LogP contribution in [0.15, 0.2) is 96.1 Å². The molecule has 0 bridgehead atoms. The molecule has 0 saturated carbocycles. The molecule has 182 valence electrons. The highest BCUT2D eigenvalue weighted by Crippen LogP contribution is 2.38. The lowest BCUT2D eigenvalue weighted by Gasteiger charge is -2.28. The number of unbranched alkanes of at least 4 members (excludes halogenated alkanes) is 2. The third-order valence-corrected chi connectivity index (χ3v) is 7.02. The Hall–Kier alpha value is -3.92. The van der Waals surface area contributed by atoms with Gasteiger partial charge in [-0.25, -0.2) is 0 Å². The van der Waals surface area contributed by atoms with Gasteiger partial charge in [0.25, 0.3) is 0 Å². The maximum absolute atomic E-state index is 13.1. The smallest absolute Gasteiger partial charge is 0.213 e. The third-order valence-electron chi connectivity index (χ3n) is 7.02. The highest BCUT2D eigenvalue weighted by Gasteiger charge is 2.33. The molecular weight excluding hydrogens is 444 g/mol. The van der Waals surface area contributed by atoms with Crippen LogP contribution >= 0.6 is 0 Å². The van der Waals surface area contributed by atoms with E-state index in [-0.39, 0.29) is 11.5 Å². The number of hydrogen-bond acceptors (Lipinski definition) is 3. The summed E-state index contributed by atoms with van der Waals surface area (Å²) >= 11 is 0. The van der Waals surface area contributed by atoms with E-state index in [1.165, 1.54) is 0 Å². The number of para-hydroxylation sites is 2. The monoisotopic (exact) mass is 477 g/mol. The summed E-state index contributed by atoms with van der Waals surface area (Å²) in [6, 6.07) is 18.5. The number of nitrogens with zero attached hydrogens (tertiary/aromatic N) is 2. The number of aromatic nitrogens is 1. The summed E-state index contributed by atoms with van der Waals surface area (Å²) < 4.78 is 2.26. The molecule has 2 aliphatic rings. The molecular formula is C32H33N2O2+. The van der Waals surface area contributed by atoms with E-state index in [1.54, 1.807) is 0 Å².